The summed E-state index contributed by atoms with van der Waals surface area (Å²) < 4.78 is 1.64. The second-order valence-corrected chi connectivity index (χ2v) is 9.82. The normalized spacial score (nSPS) is 15.2. The first-order valence-corrected chi connectivity index (χ1v) is 12.9. The number of benzene rings is 2. The lowest BCUT2D eigenvalue weighted by Crippen LogP contribution is -2.45. The Morgan fingerprint density at radius 3 is 2.61 bits per heavy atom. The van der Waals surface area contributed by atoms with Crippen molar-refractivity contribution in [1.82, 2.24) is 19.9 Å². The number of nitrogens with zero attached hydrogens (tertiary/aromatic N) is 4. The second kappa shape index (κ2) is 10.7. The summed E-state index contributed by atoms with van der Waals surface area (Å²) in [5.41, 5.74) is 4.83. The van der Waals surface area contributed by atoms with Crippen LogP contribution in [0.15, 0.2) is 67.1 Å². The Morgan fingerprint density at radius 2 is 1.86 bits per heavy atom. The molecule has 2 aromatic carbocycles. The molecule has 1 atom stereocenters. The number of amides is 1. The minimum atomic E-state index is -0.214. The molecular weight excluding hydrogens is 472 g/mol. The Balaban J connectivity index is 1.30. The van der Waals surface area contributed by atoms with E-state index >= 15 is 0 Å². The standard InChI is InChI=1S/C28H31ClN6O/c1-3-19(2)32-23-12-14-34(15-13-23)26-7-5-4-6-25(26)33-28(36)21-16-30-27-24(17-31-35(27)18-21)20-8-10-22(29)11-9-20/h4-11,16-19,23,32H,3,12-15H2,1-2H3,(H,33,36). The van der Waals surface area contributed by atoms with Gasteiger partial charge in [-0.15, -0.1) is 0 Å². The summed E-state index contributed by atoms with van der Waals surface area (Å²) >= 11 is 6.02. The van der Waals surface area contributed by atoms with Gasteiger partial charge in [0.2, 0.25) is 0 Å². The fraction of sp³-hybridized carbons (Fsp3) is 0.321. The maximum Gasteiger partial charge on any atom is 0.258 e. The number of fused-ring (bicyclic) bond motifs is 1. The van der Waals surface area contributed by atoms with Gasteiger partial charge in [-0.05, 0) is 56.0 Å². The number of rotatable bonds is 7. The van der Waals surface area contributed by atoms with E-state index in [1.165, 1.54) is 0 Å². The Labute approximate surface area is 216 Å². The predicted molar refractivity (Wildman–Crippen MR) is 146 cm³/mol. The van der Waals surface area contributed by atoms with Crippen LogP contribution >= 0.6 is 11.6 Å². The van der Waals surface area contributed by atoms with E-state index in [0.29, 0.717) is 28.3 Å². The molecule has 1 amide bonds. The van der Waals surface area contributed by atoms with Crippen molar-refractivity contribution in [2.75, 3.05) is 23.3 Å². The van der Waals surface area contributed by atoms with E-state index in [1.807, 2.05) is 42.5 Å². The van der Waals surface area contributed by atoms with E-state index < -0.39 is 0 Å². The van der Waals surface area contributed by atoms with E-state index in [-0.39, 0.29) is 5.91 Å². The van der Waals surface area contributed by atoms with Gasteiger partial charge >= 0.3 is 0 Å². The Kier molecular flexibility index (Phi) is 7.20. The Bertz CT molecular complexity index is 1340. The summed E-state index contributed by atoms with van der Waals surface area (Å²) in [6.07, 6.45) is 8.37. The molecule has 1 saturated heterocycles. The minimum absolute atomic E-state index is 0.214. The SMILES string of the molecule is CCC(C)NC1CCN(c2ccccc2NC(=O)c2cnc3c(-c4ccc(Cl)cc4)cnn3c2)CC1. The zero-order chi connectivity index (χ0) is 25.1. The third-order valence-electron chi connectivity index (χ3n) is 6.89. The van der Waals surface area contributed by atoms with Crippen LogP contribution in [-0.4, -0.2) is 45.7 Å². The molecule has 36 heavy (non-hydrogen) atoms. The van der Waals surface area contributed by atoms with Crippen LogP contribution in [-0.2, 0) is 0 Å². The number of piperidine rings is 1. The maximum absolute atomic E-state index is 13.2. The summed E-state index contributed by atoms with van der Waals surface area (Å²) in [7, 11) is 0. The fourth-order valence-electron chi connectivity index (χ4n) is 4.68. The molecule has 8 heteroatoms. The van der Waals surface area contributed by atoms with Crippen molar-refractivity contribution < 1.29 is 4.79 Å². The van der Waals surface area contributed by atoms with E-state index in [4.69, 9.17) is 11.6 Å². The van der Waals surface area contributed by atoms with Gasteiger partial charge in [0.1, 0.15) is 0 Å². The van der Waals surface area contributed by atoms with Gasteiger partial charge in [0.05, 0.1) is 23.1 Å². The Morgan fingerprint density at radius 1 is 1.11 bits per heavy atom. The fourth-order valence-corrected chi connectivity index (χ4v) is 4.81. The van der Waals surface area contributed by atoms with Crippen LogP contribution in [0, 0.1) is 0 Å². The highest BCUT2D eigenvalue weighted by atomic mass is 35.5. The van der Waals surface area contributed by atoms with Crippen molar-refractivity contribution in [2.24, 2.45) is 0 Å². The quantitative estimate of drug-likeness (QED) is 0.341. The van der Waals surface area contributed by atoms with Gasteiger partial charge in [0, 0.05) is 48.2 Å². The van der Waals surface area contributed by atoms with Gasteiger partial charge in [0.25, 0.3) is 5.91 Å². The van der Waals surface area contributed by atoms with E-state index in [0.717, 1.165) is 54.9 Å². The first-order valence-electron chi connectivity index (χ1n) is 12.5. The lowest BCUT2D eigenvalue weighted by Gasteiger charge is -2.36. The molecule has 0 spiro atoms. The van der Waals surface area contributed by atoms with E-state index in [9.17, 15) is 4.79 Å². The molecule has 2 aromatic heterocycles. The highest BCUT2D eigenvalue weighted by Crippen LogP contribution is 2.29. The van der Waals surface area contributed by atoms with Gasteiger partial charge in [-0.2, -0.15) is 5.10 Å². The van der Waals surface area contributed by atoms with Gasteiger partial charge < -0.3 is 15.5 Å². The molecule has 1 unspecified atom stereocenters. The summed E-state index contributed by atoms with van der Waals surface area (Å²) in [5.74, 6) is -0.214. The van der Waals surface area contributed by atoms with Crippen molar-refractivity contribution in [3.63, 3.8) is 0 Å². The summed E-state index contributed by atoms with van der Waals surface area (Å²) in [4.78, 5) is 20.1. The summed E-state index contributed by atoms with van der Waals surface area (Å²) in [6.45, 7) is 6.36. The Hall–Kier alpha value is -3.42. The number of carbonyl (C=O) groups is 1. The van der Waals surface area contributed by atoms with E-state index in [2.05, 4.69) is 45.5 Å². The molecule has 1 aliphatic heterocycles. The largest absolute Gasteiger partial charge is 0.370 e. The van der Waals surface area contributed by atoms with Crippen LogP contribution in [0.3, 0.4) is 0 Å². The molecule has 5 rings (SSSR count). The number of halogens is 1. The van der Waals surface area contributed by atoms with Crippen molar-refractivity contribution in [3.8, 4) is 11.1 Å². The number of anilines is 2. The highest BCUT2D eigenvalue weighted by molar-refractivity contribution is 6.30. The van der Waals surface area contributed by atoms with Crippen LogP contribution in [0.4, 0.5) is 11.4 Å². The first-order chi connectivity index (χ1) is 17.5. The lowest BCUT2D eigenvalue weighted by atomic mass is 10.0. The predicted octanol–water partition coefficient (Wildman–Crippen LogP) is 5.66. The molecule has 1 aliphatic rings. The van der Waals surface area contributed by atoms with Crippen LogP contribution in [0.2, 0.25) is 5.02 Å². The number of aromatic nitrogens is 3. The third-order valence-corrected chi connectivity index (χ3v) is 7.15. The molecular formula is C28H31ClN6O. The monoisotopic (exact) mass is 502 g/mol. The van der Waals surface area contributed by atoms with E-state index in [1.54, 1.807) is 23.1 Å². The number of hydrogen-bond donors (Lipinski definition) is 2. The molecule has 3 heterocycles. The van der Waals surface area contributed by atoms with Gasteiger partial charge in [-0.25, -0.2) is 9.50 Å². The van der Waals surface area contributed by atoms with Crippen molar-refractivity contribution in [3.05, 3.63) is 77.7 Å². The lowest BCUT2D eigenvalue weighted by molar-refractivity contribution is 0.102. The number of hydrogen-bond acceptors (Lipinski definition) is 5. The summed E-state index contributed by atoms with van der Waals surface area (Å²) in [5, 5.41) is 11.9. The van der Waals surface area contributed by atoms with Crippen LogP contribution in [0.25, 0.3) is 16.8 Å². The van der Waals surface area contributed by atoms with Crippen molar-refractivity contribution in [1.29, 1.82) is 0 Å². The molecule has 2 N–H and O–H groups in total. The zero-order valence-electron chi connectivity index (χ0n) is 20.6. The molecule has 4 aromatic rings. The molecule has 186 valence electrons. The van der Waals surface area contributed by atoms with Gasteiger partial charge in [-0.3, -0.25) is 4.79 Å². The van der Waals surface area contributed by atoms with Gasteiger partial charge in [0.15, 0.2) is 5.65 Å². The first kappa shape index (κ1) is 24.3. The smallest absolute Gasteiger partial charge is 0.258 e. The van der Waals surface area contributed by atoms with Gasteiger partial charge in [-0.1, -0.05) is 42.8 Å². The minimum Gasteiger partial charge on any atom is -0.370 e. The number of para-hydroxylation sites is 2. The molecule has 0 bridgehead atoms. The number of nitrogens with one attached hydrogen (secondary N) is 2. The molecule has 0 saturated carbocycles. The maximum atomic E-state index is 13.2. The molecule has 0 radical (unpaired) electrons. The second-order valence-electron chi connectivity index (χ2n) is 9.38. The number of carbonyl (C=O) groups excluding carboxylic acids is 1. The zero-order valence-corrected chi connectivity index (χ0v) is 21.4. The average Bonchev–Trinajstić information content (AvgIpc) is 3.33. The van der Waals surface area contributed by atoms with Crippen LogP contribution < -0.4 is 15.5 Å². The molecule has 0 aliphatic carbocycles. The highest BCUT2D eigenvalue weighted by Gasteiger charge is 2.22. The third kappa shape index (κ3) is 5.22. The van der Waals surface area contributed by atoms with Crippen LogP contribution in [0.5, 0.6) is 0 Å². The topological polar surface area (TPSA) is 74.6 Å². The average molecular weight is 503 g/mol. The molecule has 1 fully saturated rings. The van der Waals surface area contributed by atoms with Crippen molar-refractivity contribution in [2.45, 2.75) is 45.2 Å². The molecule has 7 nitrogen and oxygen atoms in total. The van der Waals surface area contributed by atoms with Crippen molar-refractivity contribution >= 4 is 34.5 Å². The van der Waals surface area contributed by atoms with Crippen LogP contribution in [0.1, 0.15) is 43.5 Å². The summed E-state index contributed by atoms with van der Waals surface area (Å²) in [6, 6.07) is 16.6.